The smallest absolute Gasteiger partial charge is 0.226 e. The summed E-state index contributed by atoms with van der Waals surface area (Å²) in [6.07, 6.45) is 2.14. The second-order valence-corrected chi connectivity index (χ2v) is 6.67. The minimum absolute atomic E-state index is 0.0453. The predicted molar refractivity (Wildman–Crippen MR) is 94.8 cm³/mol. The average molecular weight is 343 g/mol. The number of para-hydroxylation sites is 2. The van der Waals surface area contributed by atoms with Crippen LogP contribution in [-0.4, -0.2) is 35.9 Å². The van der Waals surface area contributed by atoms with Crippen LogP contribution in [0.3, 0.4) is 0 Å². The molecule has 0 saturated carbocycles. The van der Waals surface area contributed by atoms with Crippen molar-refractivity contribution < 1.29 is 14.3 Å². The number of hydrogen-bond donors (Lipinski definition) is 1. The molecular weight excluding hydrogens is 318 g/mol. The molecule has 1 amide bonds. The zero-order valence-electron chi connectivity index (χ0n) is 14.9. The van der Waals surface area contributed by atoms with E-state index in [0.29, 0.717) is 25.5 Å². The van der Waals surface area contributed by atoms with Crippen molar-refractivity contribution in [3.05, 3.63) is 42.2 Å². The number of aromatic nitrogens is 2. The maximum absolute atomic E-state index is 12.6. The van der Waals surface area contributed by atoms with E-state index < -0.39 is 0 Å². The van der Waals surface area contributed by atoms with E-state index in [0.717, 1.165) is 17.1 Å². The standard InChI is InChI=1S/C19H25N3O3/c1-13(2)12-20-19(23)14-9-11-25-18(14)16-8-10-21-22(16)15-6-4-5-7-17(15)24-3/h4-8,10,13-14,18H,9,11-12H2,1-3H3,(H,20,23)/t14-,18-/m0/s1. The van der Waals surface area contributed by atoms with Crippen LogP contribution in [0, 0.1) is 11.8 Å². The summed E-state index contributed by atoms with van der Waals surface area (Å²) in [5, 5.41) is 7.46. The van der Waals surface area contributed by atoms with Gasteiger partial charge in [-0.2, -0.15) is 5.10 Å². The summed E-state index contributed by atoms with van der Waals surface area (Å²) in [6, 6.07) is 9.60. The van der Waals surface area contributed by atoms with E-state index in [1.165, 1.54) is 0 Å². The Morgan fingerprint density at radius 2 is 2.20 bits per heavy atom. The Bertz CT molecular complexity index is 726. The molecule has 1 fully saturated rings. The van der Waals surface area contributed by atoms with Gasteiger partial charge in [-0.05, 0) is 30.5 Å². The molecule has 2 atom stereocenters. The summed E-state index contributed by atoms with van der Waals surface area (Å²) < 4.78 is 13.2. The largest absolute Gasteiger partial charge is 0.494 e. The SMILES string of the molecule is COc1ccccc1-n1nccc1[C@H]1OCC[C@@H]1C(=O)NCC(C)C. The highest BCUT2D eigenvalue weighted by molar-refractivity contribution is 5.79. The number of nitrogens with zero attached hydrogens (tertiary/aromatic N) is 2. The van der Waals surface area contributed by atoms with Gasteiger partial charge in [-0.25, -0.2) is 4.68 Å². The monoisotopic (exact) mass is 343 g/mol. The zero-order valence-corrected chi connectivity index (χ0v) is 14.9. The minimum Gasteiger partial charge on any atom is -0.494 e. The normalized spacial score (nSPS) is 20.0. The fraction of sp³-hybridized carbons (Fsp3) is 0.474. The topological polar surface area (TPSA) is 65.4 Å². The molecule has 0 unspecified atom stereocenters. The highest BCUT2D eigenvalue weighted by atomic mass is 16.5. The average Bonchev–Trinajstić information content (AvgIpc) is 3.28. The summed E-state index contributed by atoms with van der Waals surface area (Å²) in [7, 11) is 1.64. The van der Waals surface area contributed by atoms with Crippen LogP contribution in [-0.2, 0) is 9.53 Å². The maximum Gasteiger partial charge on any atom is 0.226 e. The van der Waals surface area contributed by atoms with Gasteiger partial charge in [0.05, 0.1) is 18.7 Å². The first-order valence-electron chi connectivity index (χ1n) is 8.68. The lowest BCUT2D eigenvalue weighted by Gasteiger charge is -2.20. The third-order valence-corrected chi connectivity index (χ3v) is 4.39. The summed E-state index contributed by atoms with van der Waals surface area (Å²) in [5.74, 6) is 0.989. The fourth-order valence-electron chi connectivity index (χ4n) is 3.12. The number of hydrogen-bond acceptors (Lipinski definition) is 4. The van der Waals surface area contributed by atoms with Crippen LogP contribution >= 0.6 is 0 Å². The molecule has 25 heavy (non-hydrogen) atoms. The molecule has 1 N–H and O–H groups in total. The molecular formula is C19H25N3O3. The second-order valence-electron chi connectivity index (χ2n) is 6.67. The fourth-order valence-corrected chi connectivity index (χ4v) is 3.12. The molecule has 0 aliphatic carbocycles. The summed E-state index contributed by atoms with van der Waals surface area (Å²) in [6.45, 7) is 5.41. The van der Waals surface area contributed by atoms with Crippen LogP contribution < -0.4 is 10.1 Å². The molecule has 0 bridgehead atoms. The molecule has 3 rings (SSSR count). The second kappa shape index (κ2) is 7.70. The van der Waals surface area contributed by atoms with Crippen LogP contribution in [0.1, 0.15) is 32.1 Å². The van der Waals surface area contributed by atoms with Crippen LogP contribution in [0.2, 0.25) is 0 Å². The van der Waals surface area contributed by atoms with Gasteiger partial charge in [0.1, 0.15) is 17.5 Å². The van der Waals surface area contributed by atoms with Gasteiger partial charge in [0.2, 0.25) is 5.91 Å². The lowest BCUT2D eigenvalue weighted by atomic mass is 9.97. The van der Waals surface area contributed by atoms with Crippen molar-refractivity contribution in [1.29, 1.82) is 0 Å². The molecule has 6 heteroatoms. The molecule has 0 spiro atoms. The van der Waals surface area contributed by atoms with E-state index in [1.807, 2.05) is 30.3 Å². The molecule has 0 radical (unpaired) electrons. The minimum atomic E-state index is -0.306. The van der Waals surface area contributed by atoms with Crippen molar-refractivity contribution in [2.24, 2.45) is 11.8 Å². The van der Waals surface area contributed by atoms with Crippen LogP contribution in [0.5, 0.6) is 5.75 Å². The Labute approximate surface area is 148 Å². The van der Waals surface area contributed by atoms with Gasteiger partial charge in [-0.15, -0.1) is 0 Å². The van der Waals surface area contributed by atoms with Crippen molar-refractivity contribution in [3.8, 4) is 11.4 Å². The Morgan fingerprint density at radius 3 is 2.96 bits per heavy atom. The predicted octanol–water partition coefficient (Wildman–Crippen LogP) is 2.73. The molecule has 6 nitrogen and oxygen atoms in total. The number of amides is 1. The lowest BCUT2D eigenvalue weighted by molar-refractivity contribution is -0.127. The van der Waals surface area contributed by atoms with Gasteiger partial charge in [-0.3, -0.25) is 4.79 Å². The van der Waals surface area contributed by atoms with Crippen molar-refractivity contribution in [3.63, 3.8) is 0 Å². The highest BCUT2D eigenvalue weighted by Crippen LogP contribution is 2.36. The van der Waals surface area contributed by atoms with Gasteiger partial charge in [0.15, 0.2) is 0 Å². The van der Waals surface area contributed by atoms with Gasteiger partial charge in [0, 0.05) is 19.3 Å². The summed E-state index contributed by atoms with van der Waals surface area (Å²) >= 11 is 0. The Morgan fingerprint density at radius 1 is 1.40 bits per heavy atom. The molecule has 1 aromatic heterocycles. The van der Waals surface area contributed by atoms with Crippen LogP contribution in [0.15, 0.2) is 36.5 Å². The number of rotatable bonds is 6. The van der Waals surface area contributed by atoms with E-state index in [1.54, 1.807) is 18.0 Å². The van der Waals surface area contributed by atoms with Crippen molar-refractivity contribution >= 4 is 5.91 Å². The molecule has 1 aliphatic rings. The molecule has 2 aromatic rings. The molecule has 2 heterocycles. The third kappa shape index (κ3) is 3.69. The summed E-state index contributed by atoms with van der Waals surface area (Å²) in [4.78, 5) is 12.6. The first kappa shape index (κ1) is 17.5. The maximum atomic E-state index is 12.6. The van der Waals surface area contributed by atoms with Gasteiger partial charge < -0.3 is 14.8 Å². The molecule has 134 valence electrons. The van der Waals surface area contributed by atoms with E-state index in [-0.39, 0.29) is 17.9 Å². The van der Waals surface area contributed by atoms with Gasteiger partial charge in [0.25, 0.3) is 0 Å². The van der Waals surface area contributed by atoms with E-state index in [9.17, 15) is 4.79 Å². The molecule has 1 saturated heterocycles. The third-order valence-electron chi connectivity index (χ3n) is 4.39. The van der Waals surface area contributed by atoms with Crippen molar-refractivity contribution in [2.75, 3.05) is 20.3 Å². The first-order valence-corrected chi connectivity index (χ1v) is 8.68. The Kier molecular flexibility index (Phi) is 5.38. The quantitative estimate of drug-likeness (QED) is 0.876. The van der Waals surface area contributed by atoms with E-state index in [4.69, 9.17) is 9.47 Å². The zero-order chi connectivity index (χ0) is 17.8. The first-order chi connectivity index (χ1) is 12.1. The lowest BCUT2D eigenvalue weighted by Crippen LogP contribution is -2.35. The highest BCUT2D eigenvalue weighted by Gasteiger charge is 2.37. The molecule has 1 aromatic carbocycles. The van der Waals surface area contributed by atoms with Crippen molar-refractivity contribution in [1.82, 2.24) is 15.1 Å². The number of carbonyl (C=O) groups excluding carboxylic acids is 1. The number of methoxy groups -OCH3 is 1. The Hall–Kier alpha value is -2.34. The molecule has 1 aliphatic heterocycles. The van der Waals surface area contributed by atoms with Gasteiger partial charge >= 0.3 is 0 Å². The van der Waals surface area contributed by atoms with E-state index >= 15 is 0 Å². The summed E-state index contributed by atoms with van der Waals surface area (Å²) in [5.41, 5.74) is 1.70. The van der Waals surface area contributed by atoms with Crippen LogP contribution in [0.4, 0.5) is 0 Å². The number of nitrogens with one attached hydrogen (secondary N) is 1. The number of carbonyl (C=O) groups is 1. The Balaban J connectivity index is 1.87. The number of benzene rings is 1. The van der Waals surface area contributed by atoms with Crippen LogP contribution in [0.25, 0.3) is 5.69 Å². The van der Waals surface area contributed by atoms with Gasteiger partial charge in [-0.1, -0.05) is 26.0 Å². The van der Waals surface area contributed by atoms with E-state index in [2.05, 4.69) is 24.3 Å². The van der Waals surface area contributed by atoms with Crippen molar-refractivity contribution in [2.45, 2.75) is 26.4 Å². The number of ether oxygens (including phenoxy) is 2.